The molecule has 1 N–H and O–H groups in total. The lowest BCUT2D eigenvalue weighted by molar-refractivity contribution is -0.115. The first-order chi connectivity index (χ1) is 21.4. The monoisotopic (exact) mass is 628 g/mol. The van der Waals surface area contributed by atoms with Crippen LogP contribution in [0, 0.1) is 6.92 Å². The van der Waals surface area contributed by atoms with Gasteiger partial charge in [0.2, 0.25) is 0 Å². The Morgan fingerprint density at radius 2 is 1.22 bits per heavy atom. The van der Waals surface area contributed by atoms with Gasteiger partial charge in [-0.25, -0.2) is 14.4 Å². The molecule has 45 heavy (non-hydrogen) atoms. The van der Waals surface area contributed by atoms with Gasteiger partial charge >= 0.3 is 17.9 Å². The second kappa shape index (κ2) is 18.8. The summed E-state index contributed by atoms with van der Waals surface area (Å²) in [5, 5.41) is 8.74. The average Bonchev–Trinajstić information content (AvgIpc) is 3.67. The van der Waals surface area contributed by atoms with Crippen molar-refractivity contribution in [3.63, 3.8) is 0 Å². The van der Waals surface area contributed by atoms with Gasteiger partial charge in [0, 0.05) is 0 Å². The molecule has 0 aromatic heterocycles. The van der Waals surface area contributed by atoms with Gasteiger partial charge < -0.3 is 38.3 Å². The normalized spacial score (nSPS) is 17.2. The number of allylic oxidation sites excluding steroid dienone is 1. The Kier molecular flexibility index (Phi) is 15.6. The quantitative estimate of drug-likeness (QED) is 0.0913. The van der Waals surface area contributed by atoms with E-state index in [9.17, 15) is 19.2 Å². The van der Waals surface area contributed by atoms with Gasteiger partial charge in [-0.3, -0.25) is 0 Å². The van der Waals surface area contributed by atoms with E-state index in [4.69, 9.17) is 33.5 Å². The summed E-state index contributed by atoms with van der Waals surface area (Å²) in [6, 6.07) is 13.0. The predicted octanol–water partition coefficient (Wildman–Crippen LogP) is 4.63. The Labute approximate surface area is 264 Å². The third-order valence-corrected chi connectivity index (χ3v) is 6.34. The summed E-state index contributed by atoms with van der Waals surface area (Å²) in [6.07, 6.45) is 1.75. The first-order valence-electron chi connectivity index (χ1n) is 14.7. The number of epoxide rings is 1. The molecule has 3 rings (SSSR count). The molecular weight excluding hydrogens is 584 g/mol. The van der Waals surface area contributed by atoms with Crippen molar-refractivity contribution in [3.8, 4) is 0 Å². The maximum Gasteiger partial charge on any atom is 0.338 e. The number of rotatable bonds is 16. The van der Waals surface area contributed by atoms with Crippen molar-refractivity contribution in [2.45, 2.75) is 66.0 Å². The van der Waals surface area contributed by atoms with Gasteiger partial charge in [-0.15, -0.1) is 0 Å². The van der Waals surface area contributed by atoms with E-state index in [1.807, 2.05) is 45.9 Å². The number of hydrogen-bond acceptors (Lipinski definition) is 11. The van der Waals surface area contributed by atoms with Crippen LogP contribution in [-0.4, -0.2) is 86.4 Å². The Morgan fingerprint density at radius 3 is 1.69 bits per heavy atom. The highest BCUT2D eigenvalue weighted by molar-refractivity contribution is 5.93. The number of esters is 3. The Balaban J connectivity index is 0.00000166. The molecule has 1 aliphatic rings. The van der Waals surface area contributed by atoms with Gasteiger partial charge in [0.1, 0.15) is 31.2 Å². The van der Waals surface area contributed by atoms with Gasteiger partial charge in [0.25, 0.3) is 0 Å². The van der Waals surface area contributed by atoms with E-state index in [-0.39, 0.29) is 62.7 Å². The summed E-state index contributed by atoms with van der Waals surface area (Å²) >= 11 is 0. The highest BCUT2D eigenvalue weighted by Gasteiger charge is 2.59. The predicted molar refractivity (Wildman–Crippen MR) is 165 cm³/mol. The van der Waals surface area contributed by atoms with Crippen molar-refractivity contribution in [1.82, 2.24) is 0 Å². The summed E-state index contributed by atoms with van der Waals surface area (Å²) in [5.41, 5.74) is 2.50. The first-order valence-corrected chi connectivity index (χ1v) is 14.7. The summed E-state index contributed by atoms with van der Waals surface area (Å²) < 4.78 is 33.1. The van der Waals surface area contributed by atoms with Crippen LogP contribution in [0.3, 0.4) is 0 Å². The van der Waals surface area contributed by atoms with E-state index in [1.165, 1.54) is 38.1 Å². The molecule has 1 aliphatic heterocycles. The van der Waals surface area contributed by atoms with Gasteiger partial charge in [-0.1, -0.05) is 29.3 Å². The van der Waals surface area contributed by atoms with Crippen LogP contribution in [0.15, 0.2) is 60.2 Å². The molecule has 0 aliphatic carbocycles. The van der Waals surface area contributed by atoms with E-state index < -0.39 is 29.8 Å². The topological polar surface area (TPSA) is 147 Å². The van der Waals surface area contributed by atoms with Crippen LogP contribution < -0.4 is 0 Å². The molecule has 3 unspecified atom stereocenters. The average molecular weight is 629 g/mol. The molecule has 3 atom stereocenters. The fourth-order valence-corrected chi connectivity index (χ4v) is 3.87. The molecule has 1 heterocycles. The van der Waals surface area contributed by atoms with Crippen molar-refractivity contribution >= 4 is 23.7 Å². The number of aryl methyl sites for hydroxylation is 1. The third kappa shape index (κ3) is 13.3. The molecule has 11 heteroatoms. The van der Waals surface area contributed by atoms with E-state index in [1.54, 1.807) is 12.1 Å². The molecule has 0 saturated carbocycles. The highest BCUT2D eigenvalue weighted by Crippen LogP contribution is 2.43. The fraction of sp³-hybridized carbons (Fsp3) is 0.471. The zero-order chi connectivity index (χ0) is 33.4. The smallest absolute Gasteiger partial charge is 0.338 e. The largest absolute Gasteiger partial charge is 0.460 e. The molecule has 0 bridgehead atoms. The van der Waals surface area contributed by atoms with Crippen molar-refractivity contribution in [2.75, 3.05) is 39.6 Å². The highest BCUT2D eigenvalue weighted by atomic mass is 16.8. The minimum absolute atomic E-state index is 0.00350. The lowest BCUT2D eigenvalue weighted by Crippen LogP contribution is -2.34. The number of carbonyl (C=O) groups excluding carboxylic acids is 4. The first kappa shape index (κ1) is 37.3. The molecule has 0 radical (unpaired) electrons. The van der Waals surface area contributed by atoms with Crippen molar-refractivity contribution in [2.24, 2.45) is 0 Å². The van der Waals surface area contributed by atoms with Crippen molar-refractivity contribution in [1.29, 1.82) is 0 Å². The minimum atomic E-state index is -0.711. The Bertz CT molecular complexity index is 1280. The number of aliphatic hydroxyl groups excluding tert-OH is 1. The second-order valence-electron chi connectivity index (χ2n) is 10.9. The van der Waals surface area contributed by atoms with Crippen LogP contribution in [0.4, 0.5) is 0 Å². The molecule has 1 saturated heterocycles. The molecular formula is C34H44O11. The van der Waals surface area contributed by atoms with Crippen molar-refractivity contribution < 1.29 is 52.7 Å². The molecule has 11 nitrogen and oxygen atoms in total. The third-order valence-electron chi connectivity index (χ3n) is 6.34. The summed E-state index contributed by atoms with van der Waals surface area (Å²) in [5.74, 6) is -1.39. The standard InChI is InChI=1S/C31H38O10.C3H6O/c1-21(2)5-14-26(36-17-18-38-28(34)23-8-6-22(3)7-9-23)31(4)30(41-31)40-20-19-39-29(35)25-12-10-24(11-13-25)27(33)37-16-15-32;1-3(2)4/h5-13,26,30,32H,14-20H2,1-4H3;1-2H3. The fourth-order valence-electron chi connectivity index (χ4n) is 3.87. The zero-order valence-corrected chi connectivity index (χ0v) is 26.8. The number of Topliss-reactive ketones (excluding diaryl/α,β-unsaturated/α-hetero) is 1. The molecule has 2 aromatic carbocycles. The molecule has 246 valence electrons. The summed E-state index contributed by atoms with van der Waals surface area (Å²) in [7, 11) is 0. The number of ketones is 1. The number of hydrogen-bond donors (Lipinski definition) is 1. The number of benzene rings is 2. The Hall–Kier alpha value is -3.90. The number of carbonyl (C=O) groups is 4. The lowest BCUT2D eigenvalue weighted by atomic mass is 10.0. The van der Waals surface area contributed by atoms with E-state index in [0.29, 0.717) is 12.0 Å². The minimum Gasteiger partial charge on any atom is -0.460 e. The zero-order valence-electron chi connectivity index (χ0n) is 26.8. The molecule has 0 amide bonds. The SMILES string of the molecule is CC(C)=CCC(OCCOC(=O)c1ccc(C)cc1)C1(C)OC1OCCOC(=O)c1ccc(C(=O)OCCO)cc1.CC(C)=O. The van der Waals surface area contributed by atoms with Crippen molar-refractivity contribution in [3.05, 3.63) is 82.4 Å². The van der Waals surface area contributed by atoms with Crippen LogP contribution in [-0.2, 0) is 33.2 Å². The van der Waals surface area contributed by atoms with Crippen LogP contribution in [0.25, 0.3) is 0 Å². The molecule has 0 spiro atoms. The van der Waals surface area contributed by atoms with Crippen LogP contribution in [0.1, 0.15) is 77.7 Å². The summed E-state index contributed by atoms with van der Waals surface area (Å²) in [6.45, 7) is 10.9. The van der Waals surface area contributed by atoms with Gasteiger partial charge in [0.15, 0.2) is 6.29 Å². The van der Waals surface area contributed by atoms with Crippen LogP contribution in [0.2, 0.25) is 0 Å². The van der Waals surface area contributed by atoms with E-state index in [0.717, 1.165) is 11.1 Å². The number of ether oxygens (including phenoxy) is 6. The lowest BCUT2D eigenvalue weighted by Gasteiger charge is -2.21. The van der Waals surface area contributed by atoms with Gasteiger partial charge in [-0.05, 0) is 84.4 Å². The van der Waals surface area contributed by atoms with Crippen LogP contribution in [0.5, 0.6) is 0 Å². The van der Waals surface area contributed by atoms with Gasteiger partial charge in [0.05, 0.1) is 42.6 Å². The van der Waals surface area contributed by atoms with Gasteiger partial charge in [-0.2, -0.15) is 0 Å². The second-order valence-corrected chi connectivity index (χ2v) is 10.9. The molecule has 2 aromatic rings. The maximum atomic E-state index is 12.3. The number of aliphatic hydroxyl groups is 1. The Morgan fingerprint density at radius 1 is 0.778 bits per heavy atom. The summed E-state index contributed by atoms with van der Waals surface area (Å²) in [4.78, 5) is 45.8. The molecule has 1 fully saturated rings. The maximum absolute atomic E-state index is 12.3. The van der Waals surface area contributed by atoms with E-state index >= 15 is 0 Å². The van der Waals surface area contributed by atoms with E-state index in [2.05, 4.69) is 0 Å². The van der Waals surface area contributed by atoms with Crippen LogP contribution >= 0.6 is 0 Å².